The summed E-state index contributed by atoms with van der Waals surface area (Å²) in [5, 5.41) is 49.7. The van der Waals surface area contributed by atoms with E-state index in [-0.39, 0.29) is 48.3 Å². The van der Waals surface area contributed by atoms with Crippen LogP contribution in [0.2, 0.25) is 0 Å². The first-order chi connectivity index (χ1) is 27.4. The van der Waals surface area contributed by atoms with Crippen LogP contribution >= 0.6 is 0 Å². The Labute approximate surface area is 370 Å². The van der Waals surface area contributed by atoms with Crippen LogP contribution in [0.25, 0.3) is 22.5 Å². The summed E-state index contributed by atoms with van der Waals surface area (Å²) in [6, 6.07) is 20.5. The zero-order chi connectivity index (χ0) is 44.9. The number of nitrogens with zero attached hydrogens (tertiary/aromatic N) is 2. The molecule has 0 saturated heterocycles. The van der Waals surface area contributed by atoms with Gasteiger partial charge in [0.25, 0.3) is 0 Å². The maximum absolute atomic E-state index is 9.93. The molecule has 4 rings (SSSR count). The van der Waals surface area contributed by atoms with Gasteiger partial charge >= 0.3 is 19.5 Å². The van der Waals surface area contributed by atoms with Crippen LogP contribution in [-0.4, -0.2) is 9.97 Å². The quantitative estimate of drug-likeness (QED) is 0.104. The molecule has 59 heavy (non-hydrogen) atoms. The first kappa shape index (κ1) is 60.6. The normalized spacial score (nSPS) is 8.97. The minimum Gasteiger partial charge on any atom is -0.876 e. The summed E-state index contributed by atoms with van der Waals surface area (Å²) in [5.41, 5.74) is 8.65. The zero-order valence-electron chi connectivity index (χ0n) is 37.3. The third kappa shape index (κ3) is 38.2. The van der Waals surface area contributed by atoms with Crippen molar-refractivity contribution in [1.29, 1.82) is 0 Å². The summed E-state index contributed by atoms with van der Waals surface area (Å²) in [7, 11) is 0. The number of rotatable bonds is 12. The third-order valence-corrected chi connectivity index (χ3v) is 7.03. The summed E-state index contributed by atoms with van der Waals surface area (Å²) in [5.74, 6) is 0.197. The number of nitrogens with one attached hydrogen (secondary N) is 2. The van der Waals surface area contributed by atoms with Gasteiger partial charge in [-0.05, 0) is 84.1 Å². The smallest absolute Gasteiger partial charge is 0.876 e. The number of hydrogen-bond acceptors (Lipinski definition) is 7. The Morgan fingerprint density at radius 2 is 0.661 bits per heavy atom. The van der Waals surface area contributed by atoms with E-state index >= 15 is 0 Å². The Morgan fingerprint density at radius 3 is 0.814 bits per heavy atom. The topological polar surface area (TPSA) is 169 Å². The van der Waals surface area contributed by atoms with Crippen LogP contribution in [0.5, 0.6) is 0 Å². The predicted octanol–water partition coefficient (Wildman–Crippen LogP) is 7.66. The van der Waals surface area contributed by atoms with E-state index in [4.69, 9.17) is 0 Å². The predicted molar refractivity (Wildman–Crippen MR) is 232 cm³/mol. The Bertz CT molecular complexity index is 1530. The fourth-order valence-corrected chi connectivity index (χ4v) is 4.46. The number of aryl methyl sites for hydroxylation is 4. The van der Waals surface area contributed by atoms with Gasteiger partial charge in [-0.25, -0.2) is 19.9 Å². The molecule has 0 aliphatic rings. The van der Waals surface area contributed by atoms with Crippen LogP contribution in [0, 0.1) is 27.7 Å². The van der Waals surface area contributed by atoms with E-state index in [1.807, 2.05) is 111 Å². The molecule has 9 nitrogen and oxygen atoms in total. The van der Waals surface area contributed by atoms with Crippen molar-refractivity contribution in [2.24, 2.45) is 0 Å². The van der Waals surface area contributed by atoms with Crippen molar-refractivity contribution in [1.82, 2.24) is 9.97 Å². The summed E-state index contributed by atoms with van der Waals surface area (Å²) in [4.78, 5) is 15.4. The standard InChI is InChI=1S/2C12H12N2.5C5H10O.Ru/c2*1-9-8-13-12(10(2)14-9)11-6-4-3-5-7-11;5*1-3-4-5(2)6;/h2*3-8H,1-2H3;5*6H,2-4H2,1H3;/q;;;;;;;+3/p-3. The molecule has 325 valence electrons. The average Bonchev–Trinajstić information content (AvgIpc) is 3.14. The molecule has 1 radical (unpaired) electrons. The van der Waals surface area contributed by atoms with Gasteiger partial charge in [0.15, 0.2) is 12.4 Å². The Kier molecular flexibility index (Phi) is 40.8. The second kappa shape index (κ2) is 39.7. The van der Waals surface area contributed by atoms with Crippen molar-refractivity contribution in [2.45, 2.75) is 127 Å². The monoisotopic (exact) mass is 897 g/mol. The van der Waals surface area contributed by atoms with E-state index in [1.54, 1.807) is 0 Å². The Morgan fingerprint density at radius 1 is 0.441 bits per heavy atom. The summed E-state index contributed by atoms with van der Waals surface area (Å²) < 4.78 is 0. The van der Waals surface area contributed by atoms with Crippen molar-refractivity contribution in [3.05, 3.63) is 158 Å². The van der Waals surface area contributed by atoms with Crippen LogP contribution in [0.3, 0.4) is 0 Å². The zero-order valence-corrected chi connectivity index (χ0v) is 39.1. The first-order valence-corrected chi connectivity index (χ1v) is 20.0. The van der Waals surface area contributed by atoms with Gasteiger partial charge in [0.05, 0.1) is 0 Å². The van der Waals surface area contributed by atoms with E-state index in [1.165, 1.54) is 11.1 Å². The number of hydrogen-bond donors (Lipinski definition) is 0. The Balaban J connectivity index is -0.000000313. The number of aromatic nitrogens is 4. The van der Waals surface area contributed by atoms with Crippen LogP contribution < -0.4 is 35.5 Å². The molecule has 0 aliphatic heterocycles. The van der Waals surface area contributed by atoms with Crippen molar-refractivity contribution in [3.63, 3.8) is 0 Å². The van der Waals surface area contributed by atoms with E-state index < -0.39 is 0 Å². The molecular weight excluding hydrogens is 826 g/mol. The van der Waals surface area contributed by atoms with E-state index in [0.717, 1.165) is 66.3 Å². The maximum Gasteiger partial charge on any atom is 3.00 e. The number of H-pyrrole nitrogens is 2. The minimum absolute atomic E-state index is 0. The van der Waals surface area contributed by atoms with Gasteiger partial charge in [-0.2, -0.15) is 0 Å². The molecule has 0 aliphatic carbocycles. The molecule has 0 bridgehead atoms. The van der Waals surface area contributed by atoms with Crippen LogP contribution in [0.1, 0.15) is 122 Å². The van der Waals surface area contributed by atoms with Gasteiger partial charge in [-0.15, -0.1) is 61.7 Å². The number of benzene rings is 2. The molecule has 0 atom stereocenters. The molecule has 4 aromatic rings. The van der Waals surface area contributed by atoms with Crippen LogP contribution in [-0.2, 0) is 19.5 Å². The molecule has 2 N–H and O–H groups in total. The summed E-state index contributed by atoms with van der Waals surface area (Å²) in [6.07, 6.45) is 11.6. The fourth-order valence-electron chi connectivity index (χ4n) is 4.46. The van der Waals surface area contributed by atoms with Gasteiger partial charge in [0.2, 0.25) is 11.4 Å². The molecule has 0 fully saturated rings. The van der Waals surface area contributed by atoms with Gasteiger partial charge < -0.3 is 25.5 Å². The van der Waals surface area contributed by atoms with Crippen molar-refractivity contribution >= 4 is 0 Å². The molecule has 0 spiro atoms. The molecule has 0 saturated carbocycles. The van der Waals surface area contributed by atoms with Crippen molar-refractivity contribution in [3.8, 4) is 22.5 Å². The molecular formula is C49H71N4O5Ru. The number of aromatic amines is 2. The van der Waals surface area contributed by atoms with E-state index in [0.29, 0.717) is 32.1 Å². The molecule has 0 unspecified atom stereocenters. The third-order valence-electron chi connectivity index (χ3n) is 7.03. The Hall–Kier alpha value is -5.08. The second-order valence-electron chi connectivity index (χ2n) is 13.2. The molecule has 2 aromatic heterocycles. The van der Waals surface area contributed by atoms with Gasteiger partial charge in [0.1, 0.15) is 22.8 Å². The molecule has 10 heteroatoms. The average molecular weight is 897 g/mol. The molecule has 0 amide bonds. The summed E-state index contributed by atoms with van der Waals surface area (Å²) >= 11 is 0. The SMILES string of the molecule is C=C([O-])CCC.C=C([O-])CCC.C=C([O-])CCC.C=C([O-])CCC.C=C([O-])CCC.Cc1c[nH+]c(-c2ccccc2)c(C)n1.Cc1c[nH+]c(-c2ccccc2)c(C)n1.[Ru+3]. The molecule has 2 aromatic carbocycles. The molecule has 2 heterocycles. The fraction of sp³-hybridized carbons (Fsp3) is 0.388. The number of allylic oxidation sites excluding steroid dienone is 5. The van der Waals surface area contributed by atoms with Gasteiger partial charge in [-0.1, -0.05) is 103 Å². The second-order valence-corrected chi connectivity index (χ2v) is 13.2. The van der Waals surface area contributed by atoms with E-state index in [2.05, 4.69) is 77.1 Å². The first-order valence-electron chi connectivity index (χ1n) is 20.0. The largest absolute Gasteiger partial charge is 3.00 e. The maximum atomic E-state index is 9.93. The van der Waals surface area contributed by atoms with Gasteiger partial charge in [0, 0.05) is 11.1 Å². The van der Waals surface area contributed by atoms with Crippen LogP contribution in [0.15, 0.2) is 135 Å². The van der Waals surface area contributed by atoms with Crippen molar-refractivity contribution < 1.29 is 55.0 Å². The minimum atomic E-state index is 0. The summed E-state index contributed by atoms with van der Waals surface area (Å²) in [6.45, 7) is 33.8. The van der Waals surface area contributed by atoms with Gasteiger partial charge in [-0.3, -0.25) is 0 Å². The van der Waals surface area contributed by atoms with Crippen LogP contribution in [0.4, 0.5) is 0 Å². The van der Waals surface area contributed by atoms with E-state index in [9.17, 15) is 25.5 Å². The van der Waals surface area contributed by atoms with Crippen molar-refractivity contribution in [2.75, 3.05) is 0 Å².